The highest BCUT2D eigenvalue weighted by atomic mass is 32.1. The van der Waals surface area contributed by atoms with Crippen LogP contribution in [-0.2, 0) is 22.4 Å². The van der Waals surface area contributed by atoms with Crippen LogP contribution in [0.2, 0.25) is 0 Å². The second-order valence-electron chi connectivity index (χ2n) is 8.09. The number of aryl methyl sites for hydroxylation is 1. The van der Waals surface area contributed by atoms with E-state index < -0.39 is 0 Å². The van der Waals surface area contributed by atoms with Gasteiger partial charge in [-0.2, -0.15) is 0 Å². The minimum absolute atomic E-state index is 0.0902. The van der Waals surface area contributed by atoms with Crippen molar-refractivity contribution in [2.24, 2.45) is 0 Å². The number of carbonyl (C=O) groups is 2. The van der Waals surface area contributed by atoms with E-state index in [0.717, 1.165) is 29.8 Å². The summed E-state index contributed by atoms with van der Waals surface area (Å²) < 4.78 is 4.76. The van der Waals surface area contributed by atoms with Crippen molar-refractivity contribution in [3.63, 3.8) is 0 Å². The molecule has 4 nitrogen and oxygen atoms in total. The summed E-state index contributed by atoms with van der Waals surface area (Å²) in [7, 11) is 1.40. The lowest BCUT2D eigenvalue weighted by Crippen LogP contribution is -2.31. The fraction of sp³-hybridized carbons (Fsp3) is 0.462. The highest BCUT2D eigenvalue weighted by Crippen LogP contribution is 2.28. The number of ether oxygens (including phenoxy) is 1. The second-order valence-corrected chi connectivity index (χ2v) is 9.26. The largest absolute Gasteiger partial charge is 0.465 e. The standard InChI is InChI=1S/C26H33NO3S/c1-3-4-5-6-7-9-20-12-14-22(15-13-20)27-21(16-19-25(27)28)10-8-11-23-17-18-24(31-23)26(29)30-2/h8,10,12-15,17-18,21H,3-7,9,11,16,19H2,1-2H3. The summed E-state index contributed by atoms with van der Waals surface area (Å²) in [4.78, 5) is 27.8. The molecule has 1 aromatic carbocycles. The van der Waals surface area contributed by atoms with Gasteiger partial charge in [0.15, 0.2) is 0 Å². The maximum Gasteiger partial charge on any atom is 0.348 e. The van der Waals surface area contributed by atoms with Crippen LogP contribution in [0.25, 0.3) is 0 Å². The van der Waals surface area contributed by atoms with Gasteiger partial charge in [-0.1, -0.05) is 56.9 Å². The molecule has 0 radical (unpaired) electrons. The number of amides is 1. The molecular weight excluding hydrogens is 406 g/mol. The zero-order chi connectivity index (χ0) is 22.1. The highest BCUT2D eigenvalue weighted by molar-refractivity contribution is 7.13. The van der Waals surface area contributed by atoms with Crippen LogP contribution in [0.3, 0.4) is 0 Å². The molecule has 31 heavy (non-hydrogen) atoms. The van der Waals surface area contributed by atoms with E-state index in [0.29, 0.717) is 11.3 Å². The molecule has 0 N–H and O–H groups in total. The molecule has 1 atom stereocenters. The minimum atomic E-state index is -0.294. The second kappa shape index (κ2) is 11.8. The average Bonchev–Trinajstić information content (AvgIpc) is 3.40. The molecule has 0 aliphatic carbocycles. The molecule has 1 fully saturated rings. The van der Waals surface area contributed by atoms with Gasteiger partial charge in [-0.05, 0) is 55.5 Å². The smallest absolute Gasteiger partial charge is 0.348 e. The zero-order valence-corrected chi connectivity index (χ0v) is 19.5. The molecule has 1 amide bonds. The number of anilines is 1. The number of benzene rings is 1. The normalized spacial score (nSPS) is 16.4. The summed E-state index contributed by atoms with van der Waals surface area (Å²) in [5, 5.41) is 0. The van der Waals surface area contributed by atoms with E-state index in [4.69, 9.17) is 4.74 Å². The van der Waals surface area contributed by atoms with Gasteiger partial charge in [0.25, 0.3) is 0 Å². The first-order valence-corrected chi connectivity index (χ1v) is 12.2. The molecule has 0 spiro atoms. The summed E-state index contributed by atoms with van der Waals surface area (Å²) in [6, 6.07) is 12.4. The van der Waals surface area contributed by atoms with E-state index in [1.54, 1.807) is 6.07 Å². The van der Waals surface area contributed by atoms with E-state index >= 15 is 0 Å². The van der Waals surface area contributed by atoms with E-state index in [1.807, 2.05) is 11.0 Å². The number of methoxy groups -OCH3 is 1. The molecule has 5 heteroatoms. The topological polar surface area (TPSA) is 46.6 Å². The molecule has 2 heterocycles. The molecule has 3 rings (SSSR count). The summed E-state index contributed by atoms with van der Waals surface area (Å²) >= 11 is 1.45. The fourth-order valence-electron chi connectivity index (χ4n) is 4.02. The van der Waals surface area contributed by atoms with Gasteiger partial charge in [-0.3, -0.25) is 4.79 Å². The molecule has 2 aromatic rings. The van der Waals surface area contributed by atoms with Gasteiger partial charge < -0.3 is 9.64 Å². The number of hydrogen-bond donors (Lipinski definition) is 0. The number of esters is 1. The number of allylic oxidation sites excluding steroid dienone is 1. The Kier molecular flexibility index (Phi) is 8.89. The molecule has 1 aliphatic rings. The number of thiophene rings is 1. The van der Waals surface area contributed by atoms with Crippen LogP contribution in [0.5, 0.6) is 0 Å². The van der Waals surface area contributed by atoms with Gasteiger partial charge in [0.05, 0.1) is 13.2 Å². The Morgan fingerprint density at radius 3 is 2.65 bits per heavy atom. The predicted octanol–water partition coefficient (Wildman–Crippen LogP) is 6.34. The summed E-state index contributed by atoms with van der Waals surface area (Å²) in [6.07, 6.45) is 13.9. The number of hydrogen-bond acceptors (Lipinski definition) is 4. The number of unbranched alkanes of at least 4 members (excludes halogenated alkanes) is 4. The van der Waals surface area contributed by atoms with Crippen LogP contribution in [-0.4, -0.2) is 25.0 Å². The average molecular weight is 440 g/mol. The third kappa shape index (κ3) is 6.54. The van der Waals surface area contributed by atoms with E-state index in [9.17, 15) is 9.59 Å². The number of carbonyl (C=O) groups excluding carboxylic acids is 2. The van der Waals surface area contributed by atoms with Gasteiger partial charge in [0, 0.05) is 17.0 Å². The Hall–Kier alpha value is -2.40. The predicted molar refractivity (Wildman–Crippen MR) is 128 cm³/mol. The molecule has 1 aromatic heterocycles. The molecule has 1 aliphatic heterocycles. The maximum absolute atomic E-state index is 12.5. The van der Waals surface area contributed by atoms with Crippen molar-refractivity contribution in [2.45, 2.75) is 70.8 Å². The lowest BCUT2D eigenvalue weighted by Gasteiger charge is -2.23. The maximum atomic E-state index is 12.5. The van der Waals surface area contributed by atoms with Gasteiger partial charge in [-0.25, -0.2) is 4.79 Å². The molecule has 166 valence electrons. The van der Waals surface area contributed by atoms with E-state index in [-0.39, 0.29) is 17.9 Å². The van der Waals surface area contributed by atoms with Crippen LogP contribution in [0.1, 0.15) is 72.0 Å². The van der Waals surface area contributed by atoms with Gasteiger partial charge in [-0.15, -0.1) is 11.3 Å². The summed E-state index contributed by atoms with van der Waals surface area (Å²) in [5.74, 6) is -0.108. The third-order valence-corrected chi connectivity index (χ3v) is 6.85. The monoisotopic (exact) mass is 439 g/mol. The molecule has 0 bridgehead atoms. The Balaban J connectivity index is 1.56. The fourth-order valence-corrected chi connectivity index (χ4v) is 4.92. The first-order valence-electron chi connectivity index (χ1n) is 11.4. The van der Waals surface area contributed by atoms with E-state index in [2.05, 4.69) is 43.3 Å². The lowest BCUT2D eigenvalue weighted by molar-refractivity contribution is -0.117. The van der Waals surface area contributed by atoms with Crippen LogP contribution in [0.4, 0.5) is 5.69 Å². The Labute approximate surface area is 189 Å². The van der Waals surface area contributed by atoms with Crippen molar-refractivity contribution in [1.29, 1.82) is 0 Å². The molecule has 0 saturated carbocycles. The van der Waals surface area contributed by atoms with Crippen molar-refractivity contribution in [3.8, 4) is 0 Å². The van der Waals surface area contributed by atoms with Crippen molar-refractivity contribution in [1.82, 2.24) is 0 Å². The summed E-state index contributed by atoms with van der Waals surface area (Å²) in [6.45, 7) is 2.24. The van der Waals surface area contributed by atoms with Gasteiger partial charge in [0.2, 0.25) is 5.91 Å². The molecular formula is C26H33NO3S. The van der Waals surface area contributed by atoms with Gasteiger partial charge in [0.1, 0.15) is 4.88 Å². The first kappa shape index (κ1) is 23.3. The van der Waals surface area contributed by atoms with Crippen molar-refractivity contribution >= 4 is 28.9 Å². The Morgan fingerprint density at radius 2 is 1.90 bits per heavy atom. The minimum Gasteiger partial charge on any atom is -0.465 e. The van der Waals surface area contributed by atoms with E-state index in [1.165, 1.54) is 56.1 Å². The SMILES string of the molecule is CCCCCCCc1ccc(N2C(=O)CCC2C=CCc2ccc(C(=O)OC)s2)cc1. The van der Waals surface area contributed by atoms with Crippen LogP contribution in [0, 0.1) is 0 Å². The van der Waals surface area contributed by atoms with Crippen molar-refractivity contribution in [2.75, 3.05) is 12.0 Å². The molecule has 1 unspecified atom stereocenters. The van der Waals surface area contributed by atoms with Crippen molar-refractivity contribution in [3.05, 3.63) is 63.9 Å². The lowest BCUT2D eigenvalue weighted by atomic mass is 10.0. The van der Waals surface area contributed by atoms with Crippen LogP contribution >= 0.6 is 11.3 Å². The summed E-state index contributed by atoms with van der Waals surface area (Å²) in [5.41, 5.74) is 2.33. The van der Waals surface area contributed by atoms with Gasteiger partial charge >= 0.3 is 5.97 Å². The third-order valence-electron chi connectivity index (χ3n) is 5.76. The van der Waals surface area contributed by atoms with Crippen LogP contribution in [0.15, 0.2) is 48.6 Å². The van der Waals surface area contributed by atoms with Crippen molar-refractivity contribution < 1.29 is 14.3 Å². The first-order chi connectivity index (χ1) is 15.1. The Bertz CT molecular complexity index is 884. The highest BCUT2D eigenvalue weighted by Gasteiger charge is 2.30. The number of nitrogens with zero attached hydrogens (tertiary/aromatic N) is 1. The van der Waals surface area contributed by atoms with Crippen LogP contribution < -0.4 is 4.90 Å². The number of rotatable bonds is 11. The molecule has 1 saturated heterocycles. The Morgan fingerprint density at radius 1 is 1.13 bits per heavy atom. The quantitative estimate of drug-likeness (QED) is 0.233. The zero-order valence-electron chi connectivity index (χ0n) is 18.6.